The van der Waals surface area contributed by atoms with Crippen LogP contribution in [0.15, 0.2) is 48.5 Å². The Hall–Kier alpha value is -3.79. The van der Waals surface area contributed by atoms with Crippen molar-refractivity contribution in [2.45, 2.75) is 43.7 Å². The summed E-state index contributed by atoms with van der Waals surface area (Å²) in [6.07, 6.45) is 6.83. The smallest absolute Gasteiger partial charge is 0.407 e. The molecule has 2 aromatic carbocycles. The molecule has 0 saturated heterocycles. The molecule has 0 radical (unpaired) electrons. The van der Waals surface area contributed by atoms with Crippen molar-refractivity contribution in [3.8, 4) is 23.5 Å². The number of benzene rings is 2. The number of hydrogen-bond acceptors (Lipinski definition) is 4. The maximum Gasteiger partial charge on any atom is 0.407 e. The van der Waals surface area contributed by atoms with Crippen molar-refractivity contribution in [2.24, 2.45) is 17.8 Å². The van der Waals surface area contributed by atoms with Crippen molar-refractivity contribution in [2.75, 3.05) is 6.61 Å². The van der Waals surface area contributed by atoms with E-state index in [4.69, 9.17) is 11.2 Å². The molecule has 2 fully saturated rings. The van der Waals surface area contributed by atoms with Gasteiger partial charge >= 0.3 is 12.1 Å². The van der Waals surface area contributed by atoms with Gasteiger partial charge in [-0.15, -0.1) is 12.3 Å². The van der Waals surface area contributed by atoms with Crippen LogP contribution in [-0.4, -0.2) is 41.8 Å². The van der Waals surface area contributed by atoms with E-state index in [1.807, 2.05) is 24.3 Å². The fourth-order valence-electron chi connectivity index (χ4n) is 6.01. The predicted molar refractivity (Wildman–Crippen MR) is 129 cm³/mol. The third-order valence-corrected chi connectivity index (χ3v) is 7.78. The van der Waals surface area contributed by atoms with Gasteiger partial charge in [0, 0.05) is 24.3 Å². The monoisotopic (exact) mass is 472 g/mol. The minimum Gasteiger partial charge on any atom is -0.480 e. The number of amides is 2. The summed E-state index contributed by atoms with van der Waals surface area (Å²) in [5.41, 5.74) is 4.70. The molecule has 2 saturated carbocycles. The van der Waals surface area contributed by atoms with E-state index in [1.165, 1.54) is 22.3 Å². The summed E-state index contributed by atoms with van der Waals surface area (Å²) in [4.78, 5) is 36.5. The molecule has 0 bridgehead atoms. The second-order valence-corrected chi connectivity index (χ2v) is 9.71. The lowest BCUT2D eigenvalue weighted by Crippen LogP contribution is -2.50. The van der Waals surface area contributed by atoms with Crippen LogP contribution in [0.25, 0.3) is 11.1 Å². The largest absolute Gasteiger partial charge is 0.480 e. The lowest BCUT2D eigenvalue weighted by atomic mass is 9.71. The van der Waals surface area contributed by atoms with Gasteiger partial charge in [-0.2, -0.15) is 0 Å². The fraction of sp³-hybridized carbons (Fsp3) is 0.393. The molecular weight excluding hydrogens is 444 g/mol. The second-order valence-electron chi connectivity index (χ2n) is 9.71. The molecule has 0 aliphatic heterocycles. The molecule has 3 aliphatic rings. The quantitative estimate of drug-likeness (QED) is 0.535. The summed E-state index contributed by atoms with van der Waals surface area (Å²) in [5.74, 6) is 1.17. The highest BCUT2D eigenvalue weighted by molar-refractivity contribution is 5.85. The molecule has 35 heavy (non-hydrogen) atoms. The SMILES string of the molecule is C#CCC(NC(=O)C1CC2CC(NC(=O)OCC3c4ccccc4-c4ccccc43)C2C1)C(=O)O. The molecule has 180 valence electrons. The summed E-state index contributed by atoms with van der Waals surface area (Å²) in [7, 11) is 0. The fourth-order valence-corrected chi connectivity index (χ4v) is 6.01. The molecule has 3 N–H and O–H groups in total. The van der Waals surface area contributed by atoms with Gasteiger partial charge in [-0.1, -0.05) is 48.5 Å². The Morgan fingerprint density at radius 1 is 1.03 bits per heavy atom. The van der Waals surface area contributed by atoms with E-state index in [9.17, 15) is 19.5 Å². The van der Waals surface area contributed by atoms with Gasteiger partial charge in [0.2, 0.25) is 5.91 Å². The van der Waals surface area contributed by atoms with Gasteiger partial charge in [0.15, 0.2) is 0 Å². The van der Waals surface area contributed by atoms with Crippen LogP contribution in [0, 0.1) is 30.1 Å². The van der Waals surface area contributed by atoms with E-state index in [0.29, 0.717) is 18.8 Å². The van der Waals surface area contributed by atoms with Crippen molar-refractivity contribution in [3.05, 3.63) is 59.7 Å². The molecular formula is C28H28N2O5. The first kappa shape index (κ1) is 23.0. The van der Waals surface area contributed by atoms with Gasteiger partial charge in [0.05, 0.1) is 0 Å². The molecule has 0 spiro atoms. The van der Waals surface area contributed by atoms with E-state index in [-0.39, 0.29) is 42.7 Å². The van der Waals surface area contributed by atoms with Crippen LogP contribution in [0.5, 0.6) is 0 Å². The Kier molecular flexibility index (Phi) is 6.21. The zero-order valence-corrected chi connectivity index (χ0v) is 19.3. The molecule has 3 aliphatic carbocycles. The van der Waals surface area contributed by atoms with Crippen LogP contribution < -0.4 is 10.6 Å². The highest BCUT2D eigenvalue weighted by Gasteiger charge is 2.50. The Morgan fingerprint density at radius 3 is 2.31 bits per heavy atom. The van der Waals surface area contributed by atoms with Gasteiger partial charge in [-0.05, 0) is 53.4 Å². The molecule has 5 atom stereocenters. The van der Waals surface area contributed by atoms with E-state index >= 15 is 0 Å². The van der Waals surface area contributed by atoms with Crippen LogP contribution in [-0.2, 0) is 14.3 Å². The van der Waals surface area contributed by atoms with Crippen LogP contribution in [0.1, 0.15) is 42.7 Å². The van der Waals surface area contributed by atoms with Crippen molar-refractivity contribution in [1.82, 2.24) is 10.6 Å². The first-order valence-corrected chi connectivity index (χ1v) is 12.0. The third kappa shape index (κ3) is 4.37. The zero-order chi connectivity index (χ0) is 24.5. The molecule has 2 aromatic rings. The van der Waals surface area contributed by atoms with Crippen LogP contribution in [0.2, 0.25) is 0 Å². The van der Waals surface area contributed by atoms with Crippen molar-refractivity contribution >= 4 is 18.0 Å². The summed E-state index contributed by atoms with van der Waals surface area (Å²) in [5, 5.41) is 14.8. The number of aliphatic carboxylic acids is 1. The number of alkyl carbamates (subject to hydrolysis) is 1. The number of rotatable bonds is 7. The summed E-state index contributed by atoms with van der Waals surface area (Å²) in [6.45, 7) is 0.261. The van der Waals surface area contributed by atoms with Crippen molar-refractivity contribution in [1.29, 1.82) is 0 Å². The van der Waals surface area contributed by atoms with Crippen LogP contribution in [0.3, 0.4) is 0 Å². The number of carbonyl (C=O) groups is 3. The van der Waals surface area contributed by atoms with E-state index in [1.54, 1.807) is 0 Å². The molecule has 7 heteroatoms. The molecule has 2 amide bonds. The standard InChI is InChI=1S/C28H28N2O5/c1-2-7-24(27(32)33)29-26(31)17-12-16-14-25(22(16)13-17)30-28(34)35-15-23-20-10-5-3-8-18(20)19-9-4-6-11-21(19)23/h1,3-6,8-11,16-17,22-25H,7,12-15H2,(H,29,31)(H,30,34)(H,32,33). The number of fused-ring (bicyclic) bond motifs is 4. The van der Waals surface area contributed by atoms with Gasteiger partial charge in [-0.3, -0.25) is 4.79 Å². The van der Waals surface area contributed by atoms with E-state index in [2.05, 4.69) is 40.8 Å². The number of carboxylic acid groups (broad SMARTS) is 1. The van der Waals surface area contributed by atoms with Crippen molar-refractivity contribution in [3.63, 3.8) is 0 Å². The third-order valence-electron chi connectivity index (χ3n) is 7.78. The van der Waals surface area contributed by atoms with Gasteiger partial charge in [0.25, 0.3) is 0 Å². The number of carbonyl (C=O) groups excluding carboxylic acids is 2. The first-order chi connectivity index (χ1) is 17.0. The van der Waals surface area contributed by atoms with Crippen LogP contribution in [0.4, 0.5) is 4.79 Å². The molecule has 5 rings (SSSR count). The maximum atomic E-state index is 12.6. The first-order valence-electron chi connectivity index (χ1n) is 12.0. The number of hydrogen-bond donors (Lipinski definition) is 3. The second kappa shape index (κ2) is 9.46. The molecule has 5 unspecified atom stereocenters. The average molecular weight is 473 g/mol. The van der Waals surface area contributed by atoms with E-state index in [0.717, 1.165) is 6.42 Å². The zero-order valence-electron chi connectivity index (χ0n) is 19.3. The number of nitrogens with one attached hydrogen (secondary N) is 2. The van der Waals surface area contributed by atoms with Gasteiger partial charge < -0.3 is 20.5 Å². The minimum atomic E-state index is -1.13. The average Bonchev–Trinajstić information content (AvgIpc) is 3.36. The summed E-state index contributed by atoms with van der Waals surface area (Å²) >= 11 is 0. The normalized spacial score (nSPS) is 24.7. The molecule has 7 nitrogen and oxygen atoms in total. The summed E-state index contributed by atoms with van der Waals surface area (Å²) in [6, 6.07) is 15.3. The predicted octanol–water partition coefficient (Wildman–Crippen LogP) is 3.53. The highest BCUT2D eigenvalue weighted by atomic mass is 16.5. The number of carboxylic acids is 1. The molecule has 0 heterocycles. The van der Waals surface area contributed by atoms with Crippen LogP contribution >= 0.6 is 0 Å². The van der Waals surface area contributed by atoms with Crippen molar-refractivity contribution < 1.29 is 24.2 Å². The number of terminal acetylenes is 1. The lowest BCUT2D eigenvalue weighted by molar-refractivity contribution is -0.142. The topological polar surface area (TPSA) is 105 Å². The Balaban J connectivity index is 1.14. The van der Waals surface area contributed by atoms with E-state index < -0.39 is 18.1 Å². The lowest BCUT2D eigenvalue weighted by Gasteiger charge is -2.40. The molecule has 0 aromatic heterocycles. The van der Waals surface area contributed by atoms with Gasteiger partial charge in [-0.25, -0.2) is 9.59 Å². The summed E-state index contributed by atoms with van der Waals surface area (Å²) < 4.78 is 5.66. The Morgan fingerprint density at radius 2 is 1.69 bits per heavy atom. The minimum absolute atomic E-state index is 0.00652. The number of ether oxygens (including phenoxy) is 1. The Bertz CT molecular complexity index is 1160. The van der Waals surface area contributed by atoms with Gasteiger partial charge in [0.1, 0.15) is 12.6 Å². The maximum absolute atomic E-state index is 12.6. The highest BCUT2D eigenvalue weighted by Crippen LogP contribution is 2.50. The Labute approximate surface area is 204 Å².